The number of urea groups is 1. The molecule has 7 heteroatoms. The Bertz CT molecular complexity index is 805. The number of fused-ring (bicyclic) bond motifs is 1. The minimum absolute atomic E-state index is 0.000600. The maximum absolute atomic E-state index is 12.4. The highest BCUT2D eigenvalue weighted by atomic mass is 79.9. The maximum atomic E-state index is 12.4. The molecule has 1 N–H and O–H groups in total. The van der Waals surface area contributed by atoms with Gasteiger partial charge >= 0.3 is 6.03 Å². The lowest BCUT2D eigenvalue weighted by molar-refractivity contribution is 0.135. The Morgan fingerprint density at radius 1 is 0.963 bits per heavy atom. The van der Waals surface area contributed by atoms with Crippen molar-refractivity contribution in [2.75, 3.05) is 33.0 Å². The summed E-state index contributed by atoms with van der Waals surface area (Å²) >= 11 is 3.42. The smallest absolute Gasteiger partial charge is 0.317 e. The van der Waals surface area contributed by atoms with Crippen molar-refractivity contribution >= 4 is 22.0 Å². The molecule has 27 heavy (non-hydrogen) atoms. The molecule has 142 valence electrons. The Balaban J connectivity index is 1.23. The van der Waals surface area contributed by atoms with E-state index in [1.54, 1.807) is 0 Å². The highest BCUT2D eigenvalue weighted by Gasteiger charge is 2.21. The van der Waals surface area contributed by atoms with Crippen molar-refractivity contribution < 1.29 is 14.3 Å². The molecule has 0 saturated carbocycles. The third-order valence-electron chi connectivity index (χ3n) is 4.86. The number of rotatable bonds is 4. The first-order valence-corrected chi connectivity index (χ1v) is 9.85. The zero-order valence-electron chi connectivity index (χ0n) is 15.0. The number of halogens is 1. The molecule has 4 rings (SSSR count). The molecule has 0 radical (unpaired) electrons. The van der Waals surface area contributed by atoms with E-state index in [0.29, 0.717) is 13.3 Å². The van der Waals surface area contributed by atoms with E-state index in [9.17, 15) is 4.79 Å². The number of piperazine rings is 1. The van der Waals surface area contributed by atoms with Crippen molar-refractivity contribution in [2.24, 2.45) is 0 Å². The molecule has 0 aliphatic carbocycles. The predicted molar refractivity (Wildman–Crippen MR) is 106 cm³/mol. The third-order valence-corrected chi connectivity index (χ3v) is 5.39. The molecule has 0 unspecified atom stereocenters. The van der Waals surface area contributed by atoms with Gasteiger partial charge in [0.05, 0.1) is 0 Å². The van der Waals surface area contributed by atoms with Crippen LogP contribution in [0.4, 0.5) is 4.79 Å². The zero-order chi connectivity index (χ0) is 18.6. The molecule has 2 aromatic rings. The quantitative estimate of drug-likeness (QED) is 0.807. The van der Waals surface area contributed by atoms with Crippen LogP contribution in [0.2, 0.25) is 0 Å². The van der Waals surface area contributed by atoms with Crippen LogP contribution in [0.1, 0.15) is 11.1 Å². The Morgan fingerprint density at radius 2 is 1.67 bits per heavy atom. The summed E-state index contributed by atoms with van der Waals surface area (Å²) < 4.78 is 11.8. The summed E-state index contributed by atoms with van der Waals surface area (Å²) in [6, 6.07) is 14.1. The molecule has 2 amide bonds. The molecular formula is C20H22BrN3O3. The molecule has 2 aliphatic heterocycles. The van der Waals surface area contributed by atoms with Gasteiger partial charge in [-0.2, -0.15) is 0 Å². The number of benzene rings is 2. The first-order chi connectivity index (χ1) is 13.2. The average Bonchev–Trinajstić information content (AvgIpc) is 3.16. The number of ether oxygens (including phenoxy) is 2. The molecule has 1 fully saturated rings. The van der Waals surface area contributed by atoms with E-state index in [1.165, 1.54) is 5.56 Å². The SMILES string of the molecule is O=C(NCc1ccc(Br)cc1)N1CCN(Cc2ccc3c(c2)OCO3)CC1. The minimum Gasteiger partial charge on any atom is -0.454 e. The third kappa shape index (κ3) is 4.54. The first-order valence-electron chi connectivity index (χ1n) is 9.05. The van der Waals surface area contributed by atoms with Crippen molar-refractivity contribution in [3.8, 4) is 11.5 Å². The van der Waals surface area contributed by atoms with E-state index < -0.39 is 0 Å². The van der Waals surface area contributed by atoms with Crippen LogP contribution in [-0.2, 0) is 13.1 Å². The fraction of sp³-hybridized carbons (Fsp3) is 0.350. The van der Waals surface area contributed by atoms with Crippen molar-refractivity contribution in [2.45, 2.75) is 13.1 Å². The van der Waals surface area contributed by atoms with Gasteiger partial charge in [-0.1, -0.05) is 34.1 Å². The van der Waals surface area contributed by atoms with E-state index in [2.05, 4.69) is 32.2 Å². The van der Waals surface area contributed by atoms with E-state index in [-0.39, 0.29) is 6.03 Å². The van der Waals surface area contributed by atoms with Gasteiger partial charge in [0, 0.05) is 43.7 Å². The summed E-state index contributed by atoms with van der Waals surface area (Å²) in [5.41, 5.74) is 2.29. The van der Waals surface area contributed by atoms with Crippen molar-refractivity contribution in [3.05, 3.63) is 58.1 Å². The van der Waals surface area contributed by atoms with Gasteiger partial charge in [-0.3, -0.25) is 4.90 Å². The van der Waals surface area contributed by atoms with Gasteiger partial charge in [-0.05, 0) is 35.4 Å². The number of hydrogen-bond donors (Lipinski definition) is 1. The van der Waals surface area contributed by atoms with E-state index in [4.69, 9.17) is 9.47 Å². The molecule has 6 nitrogen and oxygen atoms in total. The van der Waals surface area contributed by atoms with Crippen LogP contribution in [0.5, 0.6) is 11.5 Å². The Hall–Kier alpha value is -2.25. The lowest BCUT2D eigenvalue weighted by Gasteiger charge is -2.34. The molecule has 0 bridgehead atoms. The molecular weight excluding hydrogens is 410 g/mol. The van der Waals surface area contributed by atoms with E-state index in [1.807, 2.05) is 41.3 Å². The topological polar surface area (TPSA) is 54.0 Å². The summed E-state index contributed by atoms with van der Waals surface area (Å²) in [5, 5.41) is 3.00. The lowest BCUT2D eigenvalue weighted by Crippen LogP contribution is -2.51. The number of nitrogens with zero attached hydrogens (tertiary/aromatic N) is 2. The summed E-state index contributed by atoms with van der Waals surface area (Å²) in [4.78, 5) is 16.6. The zero-order valence-corrected chi connectivity index (χ0v) is 16.6. The second-order valence-corrected chi connectivity index (χ2v) is 7.65. The van der Waals surface area contributed by atoms with Gasteiger partial charge in [0.1, 0.15) is 0 Å². The largest absolute Gasteiger partial charge is 0.454 e. The van der Waals surface area contributed by atoms with Crippen molar-refractivity contribution in [1.29, 1.82) is 0 Å². The fourth-order valence-electron chi connectivity index (χ4n) is 3.30. The molecule has 0 spiro atoms. The second kappa shape index (κ2) is 8.19. The van der Waals surface area contributed by atoms with Gasteiger partial charge in [-0.25, -0.2) is 4.79 Å². The standard InChI is InChI=1S/C20H22BrN3O3/c21-17-4-1-15(2-5-17)12-22-20(25)24-9-7-23(8-10-24)13-16-3-6-18-19(11-16)27-14-26-18/h1-6,11H,7-10,12-14H2,(H,22,25). The molecule has 0 atom stereocenters. The first kappa shape index (κ1) is 18.1. The van der Waals surface area contributed by atoms with Gasteiger partial charge < -0.3 is 19.7 Å². The number of carbonyl (C=O) groups excluding carboxylic acids is 1. The predicted octanol–water partition coefficient (Wildman–Crippen LogP) is 3.21. The normalized spacial score (nSPS) is 16.4. The molecule has 1 saturated heterocycles. The van der Waals surface area contributed by atoms with Crippen LogP contribution < -0.4 is 14.8 Å². The molecule has 2 heterocycles. The minimum atomic E-state index is 0.000600. The summed E-state index contributed by atoms with van der Waals surface area (Å²) in [6.45, 7) is 4.88. The van der Waals surface area contributed by atoms with Gasteiger partial charge in [0.15, 0.2) is 11.5 Å². The second-order valence-electron chi connectivity index (χ2n) is 6.74. The van der Waals surface area contributed by atoms with E-state index in [0.717, 1.165) is 54.3 Å². The molecule has 0 aromatic heterocycles. The highest BCUT2D eigenvalue weighted by molar-refractivity contribution is 9.10. The number of amides is 2. The Morgan fingerprint density at radius 3 is 2.44 bits per heavy atom. The summed E-state index contributed by atoms with van der Waals surface area (Å²) in [6.07, 6.45) is 0. The highest BCUT2D eigenvalue weighted by Crippen LogP contribution is 2.32. The van der Waals surface area contributed by atoms with Crippen LogP contribution in [0.25, 0.3) is 0 Å². The summed E-state index contributed by atoms with van der Waals surface area (Å²) in [7, 11) is 0. The van der Waals surface area contributed by atoms with E-state index >= 15 is 0 Å². The molecule has 2 aliphatic rings. The Labute approximate surface area is 167 Å². The van der Waals surface area contributed by atoms with Gasteiger partial charge in [-0.15, -0.1) is 0 Å². The number of hydrogen-bond acceptors (Lipinski definition) is 4. The van der Waals surface area contributed by atoms with Crippen molar-refractivity contribution in [1.82, 2.24) is 15.1 Å². The van der Waals surface area contributed by atoms with Crippen LogP contribution in [-0.4, -0.2) is 48.8 Å². The summed E-state index contributed by atoms with van der Waals surface area (Å²) in [5.74, 6) is 1.63. The lowest BCUT2D eigenvalue weighted by atomic mass is 10.1. The number of nitrogens with one attached hydrogen (secondary N) is 1. The molecule has 2 aromatic carbocycles. The van der Waals surface area contributed by atoms with Crippen molar-refractivity contribution in [3.63, 3.8) is 0 Å². The Kier molecular flexibility index (Phi) is 5.50. The van der Waals surface area contributed by atoms with Crippen LogP contribution in [0, 0.1) is 0 Å². The monoisotopic (exact) mass is 431 g/mol. The van der Waals surface area contributed by atoms with Crippen LogP contribution in [0.3, 0.4) is 0 Å². The number of carbonyl (C=O) groups is 1. The maximum Gasteiger partial charge on any atom is 0.317 e. The fourth-order valence-corrected chi connectivity index (χ4v) is 3.56. The average molecular weight is 432 g/mol. The van der Waals surface area contributed by atoms with Gasteiger partial charge in [0.25, 0.3) is 0 Å². The van der Waals surface area contributed by atoms with Gasteiger partial charge in [0.2, 0.25) is 6.79 Å². The van der Waals surface area contributed by atoms with Crippen LogP contribution >= 0.6 is 15.9 Å². The van der Waals surface area contributed by atoms with Crippen LogP contribution in [0.15, 0.2) is 46.9 Å².